The van der Waals surface area contributed by atoms with E-state index in [9.17, 15) is 0 Å². The molecule has 6 heteroatoms. The Balaban J connectivity index is 2.21. The highest BCUT2D eigenvalue weighted by atomic mass is 35.5. The minimum Gasteiger partial charge on any atom is -0.330 e. The number of halogens is 1. The Morgan fingerprint density at radius 2 is 2.25 bits per heavy atom. The first-order valence-electron chi connectivity index (χ1n) is 4.98. The largest absolute Gasteiger partial charge is 0.330 e. The molecule has 2 aromatic rings. The lowest BCUT2D eigenvalue weighted by molar-refractivity contribution is 0.812. The molecule has 86 valence electrons. The number of hydrogen-bond acceptors (Lipinski definition) is 5. The van der Waals surface area contributed by atoms with Crippen molar-refractivity contribution < 1.29 is 0 Å². The first kappa shape index (κ1) is 12.0. The van der Waals surface area contributed by atoms with Gasteiger partial charge in [0.2, 0.25) is 0 Å². The van der Waals surface area contributed by atoms with Crippen molar-refractivity contribution in [3.63, 3.8) is 0 Å². The van der Waals surface area contributed by atoms with Crippen LogP contribution in [0.15, 0.2) is 5.38 Å². The fourth-order valence-corrected chi connectivity index (χ4v) is 3.59. The Labute approximate surface area is 107 Å². The third-order valence-electron chi connectivity index (χ3n) is 2.15. The van der Waals surface area contributed by atoms with Crippen LogP contribution >= 0.6 is 34.3 Å². The summed E-state index contributed by atoms with van der Waals surface area (Å²) < 4.78 is 0. The Bertz CT molecular complexity index is 478. The van der Waals surface area contributed by atoms with Crippen LogP contribution in [0.3, 0.4) is 0 Å². The van der Waals surface area contributed by atoms with E-state index >= 15 is 0 Å². The molecule has 0 radical (unpaired) electrons. The molecule has 0 atom stereocenters. The van der Waals surface area contributed by atoms with Crippen molar-refractivity contribution in [1.29, 1.82) is 0 Å². The Hall–Kier alpha value is -0.490. The van der Waals surface area contributed by atoms with E-state index < -0.39 is 0 Å². The molecule has 0 aliphatic carbocycles. The summed E-state index contributed by atoms with van der Waals surface area (Å²) in [5, 5.41) is 13.1. The second-order valence-corrected chi connectivity index (χ2v) is 5.77. The van der Waals surface area contributed by atoms with Crippen LogP contribution in [0.2, 0.25) is 5.02 Å². The number of nitrogens with two attached hydrogens (primary N) is 1. The summed E-state index contributed by atoms with van der Waals surface area (Å²) in [5.41, 5.74) is 6.56. The van der Waals surface area contributed by atoms with Gasteiger partial charge in [0.1, 0.15) is 5.01 Å². The maximum atomic E-state index is 6.19. The van der Waals surface area contributed by atoms with E-state index in [2.05, 4.69) is 10.2 Å². The molecule has 0 unspecified atom stereocenters. The molecule has 0 spiro atoms. The highest BCUT2D eigenvalue weighted by Gasteiger charge is 2.13. The molecule has 0 aliphatic heterocycles. The van der Waals surface area contributed by atoms with Gasteiger partial charge in [-0.25, -0.2) is 0 Å². The Morgan fingerprint density at radius 3 is 2.88 bits per heavy atom. The molecular weight excluding hydrogens is 262 g/mol. The Kier molecular flexibility index (Phi) is 3.91. The summed E-state index contributed by atoms with van der Waals surface area (Å²) in [7, 11) is 0. The molecule has 0 aliphatic rings. The van der Waals surface area contributed by atoms with Gasteiger partial charge in [-0.1, -0.05) is 22.9 Å². The minimum absolute atomic E-state index is 0.688. The monoisotopic (exact) mass is 273 g/mol. The van der Waals surface area contributed by atoms with Crippen LogP contribution in [0.4, 0.5) is 0 Å². The molecule has 0 saturated carbocycles. The molecule has 3 nitrogen and oxygen atoms in total. The third-order valence-corrected chi connectivity index (χ3v) is 4.99. The number of aromatic nitrogens is 2. The lowest BCUT2D eigenvalue weighted by Crippen LogP contribution is -1.99. The van der Waals surface area contributed by atoms with Crippen molar-refractivity contribution in [2.24, 2.45) is 5.73 Å². The SMILES string of the molecule is Cc1csc(-c2nnc(CCCN)s2)c1Cl. The predicted octanol–water partition coefficient (Wildman–Crippen LogP) is 3.12. The number of rotatable bonds is 4. The van der Waals surface area contributed by atoms with Crippen molar-refractivity contribution in [3.05, 3.63) is 21.0 Å². The van der Waals surface area contributed by atoms with E-state index in [-0.39, 0.29) is 0 Å². The maximum Gasteiger partial charge on any atom is 0.159 e. The van der Waals surface area contributed by atoms with Crippen molar-refractivity contribution in [3.8, 4) is 9.88 Å². The van der Waals surface area contributed by atoms with Gasteiger partial charge < -0.3 is 5.73 Å². The average Bonchev–Trinajstić information content (AvgIpc) is 2.85. The Morgan fingerprint density at radius 1 is 1.44 bits per heavy atom. The zero-order chi connectivity index (χ0) is 11.5. The third kappa shape index (κ3) is 2.43. The van der Waals surface area contributed by atoms with E-state index in [1.807, 2.05) is 12.3 Å². The van der Waals surface area contributed by atoms with Crippen LogP contribution < -0.4 is 5.73 Å². The van der Waals surface area contributed by atoms with Crippen molar-refractivity contribution in [2.45, 2.75) is 19.8 Å². The smallest absolute Gasteiger partial charge is 0.159 e. The predicted molar refractivity (Wildman–Crippen MR) is 70.3 cm³/mol. The average molecular weight is 274 g/mol. The lowest BCUT2D eigenvalue weighted by Gasteiger charge is -1.91. The molecule has 2 heterocycles. The van der Waals surface area contributed by atoms with Gasteiger partial charge in [-0.05, 0) is 30.8 Å². The lowest BCUT2D eigenvalue weighted by atomic mass is 10.3. The zero-order valence-corrected chi connectivity index (χ0v) is 11.3. The topological polar surface area (TPSA) is 51.8 Å². The molecular formula is C10H12ClN3S2. The van der Waals surface area contributed by atoms with Gasteiger partial charge in [0.05, 0.1) is 9.90 Å². The molecule has 16 heavy (non-hydrogen) atoms. The van der Waals surface area contributed by atoms with Gasteiger partial charge in [-0.15, -0.1) is 21.5 Å². The van der Waals surface area contributed by atoms with Gasteiger partial charge >= 0.3 is 0 Å². The summed E-state index contributed by atoms with van der Waals surface area (Å²) in [6.45, 7) is 2.69. The van der Waals surface area contributed by atoms with Crippen LogP contribution in [-0.2, 0) is 6.42 Å². The van der Waals surface area contributed by atoms with Crippen molar-refractivity contribution in [1.82, 2.24) is 10.2 Å². The van der Waals surface area contributed by atoms with E-state index in [1.165, 1.54) is 0 Å². The summed E-state index contributed by atoms with van der Waals surface area (Å²) in [4.78, 5) is 1.02. The number of hydrogen-bond donors (Lipinski definition) is 1. The maximum absolute atomic E-state index is 6.19. The van der Waals surface area contributed by atoms with Crippen LogP contribution in [0.5, 0.6) is 0 Å². The van der Waals surface area contributed by atoms with Crippen LogP contribution in [-0.4, -0.2) is 16.7 Å². The molecule has 0 aromatic carbocycles. The summed E-state index contributed by atoms with van der Waals surface area (Å²) in [5.74, 6) is 0. The second kappa shape index (κ2) is 5.23. The van der Waals surface area contributed by atoms with Gasteiger partial charge in [0, 0.05) is 6.42 Å². The summed E-state index contributed by atoms with van der Waals surface area (Å²) in [6, 6.07) is 0. The van der Waals surface area contributed by atoms with Crippen molar-refractivity contribution in [2.75, 3.05) is 6.54 Å². The fourth-order valence-electron chi connectivity index (χ4n) is 1.27. The molecule has 0 saturated heterocycles. The van der Waals surface area contributed by atoms with Crippen LogP contribution in [0, 0.1) is 6.92 Å². The van der Waals surface area contributed by atoms with Gasteiger partial charge in [-0.3, -0.25) is 0 Å². The van der Waals surface area contributed by atoms with E-state index in [4.69, 9.17) is 17.3 Å². The standard InChI is InChI=1S/C10H12ClN3S2/c1-6-5-15-9(8(6)11)10-14-13-7(16-10)3-2-4-12/h5H,2-4,12H2,1H3. The summed E-state index contributed by atoms with van der Waals surface area (Å²) in [6.07, 6.45) is 1.85. The molecule has 2 aromatic heterocycles. The first-order chi connectivity index (χ1) is 7.72. The van der Waals surface area contributed by atoms with Gasteiger partial charge in [0.25, 0.3) is 0 Å². The molecule has 0 amide bonds. The summed E-state index contributed by atoms with van der Waals surface area (Å²) >= 11 is 9.41. The molecule has 0 bridgehead atoms. The van der Waals surface area contributed by atoms with Crippen molar-refractivity contribution >= 4 is 34.3 Å². The molecule has 2 N–H and O–H groups in total. The normalized spacial score (nSPS) is 10.9. The number of aryl methyl sites for hydroxylation is 2. The van der Waals surface area contributed by atoms with E-state index in [0.29, 0.717) is 6.54 Å². The first-order valence-corrected chi connectivity index (χ1v) is 7.06. The zero-order valence-electron chi connectivity index (χ0n) is 8.86. The second-order valence-electron chi connectivity index (χ2n) is 3.46. The minimum atomic E-state index is 0.688. The highest BCUT2D eigenvalue weighted by Crippen LogP contribution is 2.37. The molecule has 0 fully saturated rings. The van der Waals surface area contributed by atoms with Crippen LogP contribution in [0.1, 0.15) is 17.0 Å². The van der Waals surface area contributed by atoms with E-state index in [1.54, 1.807) is 22.7 Å². The van der Waals surface area contributed by atoms with Crippen LogP contribution in [0.25, 0.3) is 9.88 Å². The number of thiophene rings is 1. The van der Waals surface area contributed by atoms with E-state index in [0.717, 1.165) is 38.3 Å². The molecule has 2 rings (SSSR count). The number of nitrogens with zero attached hydrogens (tertiary/aromatic N) is 2. The van der Waals surface area contributed by atoms with Gasteiger partial charge in [-0.2, -0.15) is 0 Å². The highest BCUT2D eigenvalue weighted by molar-refractivity contribution is 7.21. The fraction of sp³-hybridized carbons (Fsp3) is 0.400. The van der Waals surface area contributed by atoms with Gasteiger partial charge in [0.15, 0.2) is 5.01 Å². The quantitative estimate of drug-likeness (QED) is 0.931.